The van der Waals surface area contributed by atoms with Crippen molar-refractivity contribution in [3.8, 4) is 11.4 Å². The van der Waals surface area contributed by atoms with Crippen LogP contribution in [-0.4, -0.2) is 43.8 Å². The fraction of sp³-hybridized carbons (Fsp3) is 0.391. The second-order valence-electron chi connectivity index (χ2n) is 8.32. The fourth-order valence-corrected chi connectivity index (χ4v) is 4.18. The fourth-order valence-electron chi connectivity index (χ4n) is 4.18. The first-order valence-electron chi connectivity index (χ1n) is 10.7. The molecule has 2 fully saturated rings. The highest BCUT2D eigenvalue weighted by Gasteiger charge is 2.27. The molecule has 1 N–H and O–H groups in total. The summed E-state index contributed by atoms with van der Waals surface area (Å²) in [6.07, 6.45) is 4.45. The number of benzene rings is 1. The largest absolute Gasteiger partial charge is 0.381 e. The number of aryl methyl sites for hydroxylation is 1. The molecule has 1 saturated heterocycles. The van der Waals surface area contributed by atoms with Crippen LogP contribution in [0.2, 0.25) is 0 Å². The minimum atomic E-state index is 0.395. The van der Waals surface area contributed by atoms with Gasteiger partial charge in [0.2, 0.25) is 0 Å². The number of hydrogen-bond donors (Lipinski definition) is 1. The van der Waals surface area contributed by atoms with Gasteiger partial charge in [-0.25, -0.2) is 15.0 Å². The number of ether oxygens (including phenoxy) is 1. The summed E-state index contributed by atoms with van der Waals surface area (Å²) < 4.78 is 7.44. The van der Waals surface area contributed by atoms with Crippen LogP contribution in [0.1, 0.15) is 43.0 Å². The predicted molar refractivity (Wildman–Crippen MR) is 116 cm³/mol. The molecule has 7 nitrogen and oxygen atoms in total. The summed E-state index contributed by atoms with van der Waals surface area (Å²) in [7, 11) is 0. The Hall–Kier alpha value is -3.06. The number of fused-ring (bicyclic) bond motifs is 2. The molecular weight excluding hydrogens is 376 g/mol. The lowest BCUT2D eigenvalue weighted by Gasteiger charge is -2.24. The maximum atomic E-state index is 5.52. The number of nitrogens with one attached hydrogen (secondary N) is 1. The monoisotopic (exact) mass is 400 g/mol. The predicted octanol–water partition coefficient (Wildman–Crippen LogP) is 4.12. The van der Waals surface area contributed by atoms with Crippen LogP contribution in [0.4, 0.5) is 5.82 Å². The Morgan fingerprint density at radius 3 is 2.50 bits per heavy atom. The van der Waals surface area contributed by atoms with Gasteiger partial charge in [0.15, 0.2) is 5.65 Å². The molecule has 6 rings (SSSR count). The molecular formula is C23H24N6O. The first-order valence-corrected chi connectivity index (χ1v) is 10.7. The molecule has 0 amide bonds. The van der Waals surface area contributed by atoms with E-state index in [1.165, 1.54) is 12.8 Å². The Morgan fingerprint density at radius 1 is 0.967 bits per heavy atom. The molecule has 4 aromatic rings. The van der Waals surface area contributed by atoms with Crippen molar-refractivity contribution in [2.75, 3.05) is 18.5 Å². The van der Waals surface area contributed by atoms with Gasteiger partial charge in [0, 0.05) is 43.0 Å². The minimum Gasteiger partial charge on any atom is -0.381 e. The first-order chi connectivity index (χ1) is 14.7. The van der Waals surface area contributed by atoms with Gasteiger partial charge in [-0.3, -0.25) is 0 Å². The van der Waals surface area contributed by atoms with Crippen LogP contribution in [0.15, 0.2) is 36.4 Å². The topological polar surface area (TPSA) is 77.2 Å². The molecule has 2 aliphatic rings. The number of nitrogens with zero attached hydrogens (tertiary/aromatic N) is 5. The average Bonchev–Trinajstić information content (AvgIpc) is 3.53. The van der Waals surface area contributed by atoms with Crippen molar-refractivity contribution in [2.24, 2.45) is 0 Å². The van der Waals surface area contributed by atoms with Gasteiger partial charge in [-0.1, -0.05) is 12.1 Å². The normalized spacial score (nSPS) is 17.6. The van der Waals surface area contributed by atoms with Crippen LogP contribution in [0, 0.1) is 6.92 Å². The van der Waals surface area contributed by atoms with Crippen molar-refractivity contribution in [1.29, 1.82) is 0 Å². The number of anilines is 1. The van der Waals surface area contributed by atoms with Crippen LogP contribution in [0.25, 0.3) is 28.1 Å². The zero-order valence-corrected chi connectivity index (χ0v) is 17.0. The number of para-hydroxylation sites is 2. The standard InChI is InChI=1S/C23H24N6O/c1-14-23(27-18-5-3-2-4-17(18)24-14)20-13-22-26-19(15-6-7-15)12-21(29(22)28-20)25-16-8-10-30-11-9-16/h2-5,12-13,15-16,25H,6-11H2,1H3. The molecule has 1 saturated carbocycles. The van der Waals surface area contributed by atoms with Gasteiger partial charge in [0.05, 0.1) is 16.7 Å². The van der Waals surface area contributed by atoms with Gasteiger partial charge in [-0.05, 0) is 44.7 Å². The second-order valence-corrected chi connectivity index (χ2v) is 8.32. The lowest BCUT2D eigenvalue weighted by atomic mass is 10.1. The molecule has 0 radical (unpaired) electrons. The molecule has 1 aliphatic heterocycles. The first kappa shape index (κ1) is 17.8. The Labute approximate surface area is 174 Å². The molecule has 0 atom stereocenters. The van der Waals surface area contributed by atoms with Crippen molar-refractivity contribution >= 4 is 22.5 Å². The summed E-state index contributed by atoms with van der Waals surface area (Å²) in [5, 5.41) is 8.60. The quantitative estimate of drug-likeness (QED) is 0.555. The Kier molecular flexibility index (Phi) is 4.16. The van der Waals surface area contributed by atoms with Crippen molar-refractivity contribution in [3.05, 3.63) is 47.8 Å². The highest BCUT2D eigenvalue weighted by Crippen LogP contribution is 2.40. The van der Waals surface area contributed by atoms with E-state index in [1.54, 1.807) is 0 Å². The molecule has 30 heavy (non-hydrogen) atoms. The molecule has 4 heterocycles. The summed E-state index contributed by atoms with van der Waals surface area (Å²) in [6, 6.07) is 12.6. The van der Waals surface area contributed by atoms with Crippen molar-refractivity contribution in [2.45, 2.75) is 44.6 Å². The zero-order chi connectivity index (χ0) is 20.1. The van der Waals surface area contributed by atoms with E-state index in [9.17, 15) is 0 Å². The minimum absolute atomic E-state index is 0.395. The molecule has 0 unspecified atom stereocenters. The van der Waals surface area contributed by atoms with E-state index in [1.807, 2.05) is 41.8 Å². The highest BCUT2D eigenvalue weighted by atomic mass is 16.5. The Balaban J connectivity index is 1.46. The SMILES string of the molecule is Cc1nc2ccccc2nc1-c1cc2nc(C3CC3)cc(NC3CCOCC3)n2n1. The third kappa shape index (κ3) is 3.19. The Morgan fingerprint density at radius 2 is 1.73 bits per heavy atom. The molecule has 3 aromatic heterocycles. The third-order valence-corrected chi connectivity index (χ3v) is 6.00. The molecule has 1 aliphatic carbocycles. The van der Waals surface area contributed by atoms with Gasteiger partial charge in [-0.2, -0.15) is 9.61 Å². The van der Waals surface area contributed by atoms with Gasteiger partial charge in [0.1, 0.15) is 17.2 Å². The molecule has 152 valence electrons. The van der Waals surface area contributed by atoms with Gasteiger partial charge < -0.3 is 10.1 Å². The molecule has 0 spiro atoms. The number of hydrogen-bond acceptors (Lipinski definition) is 6. The van der Waals surface area contributed by atoms with E-state index >= 15 is 0 Å². The zero-order valence-electron chi connectivity index (χ0n) is 17.0. The van der Waals surface area contributed by atoms with Crippen molar-refractivity contribution in [3.63, 3.8) is 0 Å². The summed E-state index contributed by atoms with van der Waals surface area (Å²) in [5.74, 6) is 1.58. The third-order valence-electron chi connectivity index (χ3n) is 6.00. The van der Waals surface area contributed by atoms with E-state index in [-0.39, 0.29) is 0 Å². The highest BCUT2D eigenvalue weighted by molar-refractivity contribution is 5.78. The molecule has 7 heteroatoms. The van der Waals surface area contributed by atoms with E-state index in [0.29, 0.717) is 12.0 Å². The number of rotatable bonds is 4. The van der Waals surface area contributed by atoms with E-state index in [0.717, 1.165) is 71.3 Å². The molecule has 1 aromatic carbocycles. The van der Waals surface area contributed by atoms with Crippen LogP contribution >= 0.6 is 0 Å². The summed E-state index contributed by atoms with van der Waals surface area (Å²) >= 11 is 0. The summed E-state index contributed by atoms with van der Waals surface area (Å²) in [4.78, 5) is 14.5. The van der Waals surface area contributed by atoms with Crippen molar-refractivity contribution in [1.82, 2.24) is 24.6 Å². The maximum absolute atomic E-state index is 5.52. The smallest absolute Gasteiger partial charge is 0.158 e. The van der Waals surface area contributed by atoms with E-state index in [2.05, 4.69) is 11.4 Å². The van der Waals surface area contributed by atoms with Gasteiger partial charge in [0.25, 0.3) is 0 Å². The lowest BCUT2D eigenvalue weighted by Crippen LogP contribution is -2.29. The van der Waals surface area contributed by atoms with E-state index < -0.39 is 0 Å². The van der Waals surface area contributed by atoms with E-state index in [4.69, 9.17) is 24.8 Å². The van der Waals surface area contributed by atoms with Gasteiger partial charge in [-0.15, -0.1) is 0 Å². The molecule has 0 bridgehead atoms. The van der Waals surface area contributed by atoms with Crippen LogP contribution in [0.3, 0.4) is 0 Å². The van der Waals surface area contributed by atoms with Crippen LogP contribution in [0.5, 0.6) is 0 Å². The average molecular weight is 400 g/mol. The lowest BCUT2D eigenvalue weighted by molar-refractivity contribution is 0.0903. The van der Waals surface area contributed by atoms with Crippen molar-refractivity contribution < 1.29 is 4.74 Å². The Bertz CT molecular complexity index is 1240. The number of aromatic nitrogens is 5. The van der Waals surface area contributed by atoms with Gasteiger partial charge >= 0.3 is 0 Å². The summed E-state index contributed by atoms with van der Waals surface area (Å²) in [6.45, 7) is 3.60. The maximum Gasteiger partial charge on any atom is 0.158 e. The van der Waals surface area contributed by atoms with Crippen LogP contribution < -0.4 is 5.32 Å². The summed E-state index contributed by atoms with van der Waals surface area (Å²) in [5.41, 5.74) is 6.29. The van der Waals surface area contributed by atoms with Crippen LogP contribution in [-0.2, 0) is 4.74 Å². The second kappa shape index (κ2) is 7.02.